The van der Waals surface area contributed by atoms with Gasteiger partial charge in [0.05, 0.1) is 23.0 Å². The maximum Gasteiger partial charge on any atom is 0.248 e. The van der Waals surface area contributed by atoms with Gasteiger partial charge in [0.25, 0.3) is 0 Å². The predicted octanol–water partition coefficient (Wildman–Crippen LogP) is 2.56. The van der Waals surface area contributed by atoms with Gasteiger partial charge in [-0.15, -0.1) is 0 Å². The van der Waals surface area contributed by atoms with E-state index >= 15 is 0 Å². The summed E-state index contributed by atoms with van der Waals surface area (Å²) >= 11 is 0. The van der Waals surface area contributed by atoms with Crippen LogP contribution in [-0.2, 0) is 5.60 Å². The van der Waals surface area contributed by atoms with Gasteiger partial charge in [-0.3, -0.25) is 4.79 Å². The van der Waals surface area contributed by atoms with Gasteiger partial charge in [-0.1, -0.05) is 12.1 Å². The number of aliphatic hydroxyl groups is 1. The normalized spacial score (nSPS) is 11.8. The van der Waals surface area contributed by atoms with Crippen molar-refractivity contribution in [1.29, 1.82) is 0 Å². The standard InChI is InChI=1S/C17H17N3O2/c1-17(2,22)13-5-3-11(16(18)21)7-12(13)10-4-6-14-15(8-10)20-9-19-14/h3-9,22H,1-2H3,(H2,18,21)(H,19,20). The maximum atomic E-state index is 11.5. The van der Waals surface area contributed by atoms with Crippen molar-refractivity contribution < 1.29 is 9.90 Å². The first-order valence-corrected chi connectivity index (χ1v) is 6.96. The number of rotatable bonds is 3. The molecule has 2 aromatic carbocycles. The molecule has 4 N–H and O–H groups in total. The highest BCUT2D eigenvalue weighted by Gasteiger charge is 2.22. The Kier molecular flexibility index (Phi) is 3.22. The van der Waals surface area contributed by atoms with Crippen LogP contribution < -0.4 is 5.73 Å². The van der Waals surface area contributed by atoms with E-state index < -0.39 is 11.5 Å². The van der Waals surface area contributed by atoms with E-state index in [9.17, 15) is 9.90 Å². The van der Waals surface area contributed by atoms with Gasteiger partial charge in [-0.25, -0.2) is 4.98 Å². The molecule has 1 aromatic heterocycles. The number of fused-ring (bicyclic) bond motifs is 1. The van der Waals surface area contributed by atoms with Crippen LogP contribution in [0.4, 0.5) is 0 Å². The molecule has 22 heavy (non-hydrogen) atoms. The minimum Gasteiger partial charge on any atom is -0.386 e. The van der Waals surface area contributed by atoms with Crippen molar-refractivity contribution in [2.75, 3.05) is 0 Å². The summed E-state index contributed by atoms with van der Waals surface area (Å²) in [5.41, 5.74) is 8.88. The molecule has 5 nitrogen and oxygen atoms in total. The molecule has 5 heteroatoms. The molecule has 0 atom stereocenters. The van der Waals surface area contributed by atoms with E-state index in [0.717, 1.165) is 27.7 Å². The summed E-state index contributed by atoms with van der Waals surface area (Å²) in [6.07, 6.45) is 1.63. The Labute approximate surface area is 127 Å². The third-order valence-corrected chi connectivity index (χ3v) is 3.70. The lowest BCUT2D eigenvalue weighted by molar-refractivity contribution is 0.0790. The molecule has 3 aromatic rings. The SMILES string of the molecule is CC(C)(O)c1ccc(C(N)=O)cc1-c1ccc2[nH]cnc2c1. The molecular formula is C17H17N3O2. The van der Waals surface area contributed by atoms with Crippen LogP contribution in [0.3, 0.4) is 0 Å². The lowest BCUT2D eigenvalue weighted by atomic mass is 9.88. The number of carbonyl (C=O) groups excluding carboxylic acids is 1. The third kappa shape index (κ3) is 2.46. The molecule has 1 amide bonds. The van der Waals surface area contributed by atoms with E-state index in [2.05, 4.69) is 9.97 Å². The summed E-state index contributed by atoms with van der Waals surface area (Å²) < 4.78 is 0. The molecule has 0 unspecified atom stereocenters. The number of hydrogen-bond acceptors (Lipinski definition) is 3. The smallest absolute Gasteiger partial charge is 0.248 e. The Morgan fingerprint density at radius 3 is 2.68 bits per heavy atom. The number of nitrogens with zero attached hydrogens (tertiary/aromatic N) is 1. The highest BCUT2D eigenvalue weighted by atomic mass is 16.3. The van der Waals surface area contributed by atoms with Gasteiger partial charge in [0.15, 0.2) is 0 Å². The number of imidazole rings is 1. The molecule has 0 bridgehead atoms. The molecule has 0 aliphatic heterocycles. The van der Waals surface area contributed by atoms with E-state index in [1.807, 2.05) is 18.2 Å². The highest BCUT2D eigenvalue weighted by Crippen LogP contribution is 2.33. The van der Waals surface area contributed by atoms with Crippen LogP contribution in [0.1, 0.15) is 29.8 Å². The fraction of sp³-hybridized carbons (Fsp3) is 0.176. The Balaban J connectivity index is 2.25. The minimum absolute atomic E-state index is 0.408. The van der Waals surface area contributed by atoms with Crippen molar-refractivity contribution in [3.63, 3.8) is 0 Å². The van der Waals surface area contributed by atoms with Crippen molar-refractivity contribution in [3.05, 3.63) is 53.9 Å². The number of nitrogens with two attached hydrogens (primary N) is 1. The van der Waals surface area contributed by atoms with Crippen LogP contribution in [0.25, 0.3) is 22.2 Å². The quantitative estimate of drug-likeness (QED) is 0.693. The highest BCUT2D eigenvalue weighted by molar-refractivity contribution is 5.95. The van der Waals surface area contributed by atoms with E-state index in [1.165, 1.54) is 0 Å². The molecule has 0 fully saturated rings. The molecule has 0 aliphatic carbocycles. The maximum absolute atomic E-state index is 11.5. The summed E-state index contributed by atoms with van der Waals surface area (Å²) in [6.45, 7) is 3.42. The summed E-state index contributed by atoms with van der Waals surface area (Å²) in [5.74, 6) is -0.496. The second-order valence-corrected chi connectivity index (χ2v) is 5.82. The van der Waals surface area contributed by atoms with Crippen LogP contribution >= 0.6 is 0 Å². The Morgan fingerprint density at radius 1 is 1.23 bits per heavy atom. The number of carbonyl (C=O) groups is 1. The fourth-order valence-electron chi connectivity index (χ4n) is 2.57. The van der Waals surface area contributed by atoms with Crippen LogP contribution in [0.2, 0.25) is 0 Å². The van der Waals surface area contributed by atoms with Crippen LogP contribution in [0.5, 0.6) is 0 Å². The lowest BCUT2D eigenvalue weighted by Crippen LogP contribution is -2.18. The molecule has 0 saturated carbocycles. The molecule has 0 spiro atoms. The Bertz CT molecular complexity index is 860. The number of nitrogens with one attached hydrogen (secondary N) is 1. The third-order valence-electron chi connectivity index (χ3n) is 3.70. The van der Waals surface area contributed by atoms with Crippen molar-refractivity contribution in [1.82, 2.24) is 9.97 Å². The van der Waals surface area contributed by atoms with Crippen molar-refractivity contribution >= 4 is 16.9 Å². The van der Waals surface area contributed by atoms with Gasteiger partial charge in [-0.2, -0.15) is 0 Å². The van der Waals surface area contributed by atoms with E-state index in [4.69, 9.17) is 5.73 Å². The minimum atomic E-state index is -1.04. The summed E-state index contributed by atoms with van der Waals surface area (Å²) in [4.78, 5) is 18.7. The second-order valence-electron chi connectivity index (χ2n) is 5.82. The van der Waals surface area contributed by atoms with Crippen molar-refractivity contribution in [2.24, 2.45) is 5.73 Å². The summed E-state index contributed by atoms with van der Waals surface area (Å²) in [6, 6.07) is 10.8. The molecule has 3 rings (SSSR count). The summed E-state index contributed by atoms with van der Waals surface area (Å²) in [5, 5.41) is 10.4. The van der Waals surface area contributed by atoms with Gasteiger partial charge in [0.2, 0.25) is 5.91 Å². The number of aromatic amines is 1. The van der Waals surface area contributed by atoms with Crippen molar-refractivity contribution in [2.45, 2.75) is 19.4 Å². The topological polar surface area (TPSA) is 92.0 Å². The zero-order valence-electron chi connectivity index (χ0n) is 12.4. The zero-order valence-corrected chi connectivity index (χ0v) is 12.4. The number of benzene rings is 2. The van der Waals surface area contributed by atoms with E-state index in [-0.39, 0.29) is 0 Å². The van der Waals surface area contributed by atoms with E-state index in [0.29, 0.717) is 5.56 Å². The van der Waals surface area contributed by atoms with Crippen LogP contribution in [0, 0.1) is 0 Å². The largest absolute Gasteiger partial charge is 0.386 e. The molecule has 112 valence electrons. The summed E-state index contributed by atoms with van der Waals surface area (Å²) in [7, 11) is 0. The van der Waals surface area contributed by atoms with Crippen LogP contribution in [-0.4, -0.2) is 21.0 Å². The molecule has 0 aliphatic rings. The Hall–Kier alpha value is -2.66. The number of H-pyrrole nitrogens is 1. The number of aromatic nitrogens is 2. The van der Waals surface area contributed by atoms with Crippen molar-refractivity contribution in [3.8, 4) is 11.1 Å². The first-order chi connectivity index (χ1) is 10.4. The van der Waals surface area contributed by atoms with Gasteiger partial charge >= 0.3 is 0 Å². The van der Waals surface area contributed by atoms with Gasteiger partial charge in [-0.05, 0) is 54.8 Å². The number of amides is 1. The first-order valence-electron chi connectivity index (χ1n) is 6.96. The Morgan fingerprint density at radius 2 is 2.00 bits per heavy atom. The molecule has 0 radical (unpaired) electrons. The monoisotopic (exact) mass is 295 g/mol. The molecular weight excluding hydrogens is 278 g/mol. The number of hydrogen-bond donors (Lipinski definition) is 3. The zero-order chi connectivity index (χ0) is 15.9. The lowest BCUT2D eigenvalue weighted by Gasteiger charge is -2.22. The second kappa shape index (κ2) is 4.96. The van der Waals surface area contributed by atoms with Gasteiger partial charge in [0, 0.05) is 5.56 Å². The van der Waals surface area contributed by atoms with E-state index in [1.54, 1.807) is 38.4 Å². The molecule has 0 saturated heterocycles. The fourth-order valence-corrected chi connectivity index (χ4v) is 2.57. The molecule has 1 heterocycles. The number of primary amides is 1. The average molecular weight is 295 g/mol. The van der Waals surface area contributed by atoms with Gasteiger partial charge < -0.3 is 15.8 Å². The average Bonchev–Trinajstić information content (AvgIpc) is 2.92. The van der Waals surface area contributed by atoms with Crippen LogP contribution in [0.15, 0.2) is 42.7 Å². The first kappa shape index (κ1) is 14.3. The van der Waals surface area contributed by atoms with Gasteiger partial charge in [0.1, 0.15) is 0 Å². The predicted molar refractivity (Wildman–Crippen MR) is 85.3 cm³/mol.